The topological polar surface area (TPSA) is 234 Å². The highest BCUT2D eigenvalue weighted by molar-refractivity contribution is 5.93. The molecule has 14 nitrogen and oxygen atoms in total. The Morgan fingerprint density at radius 3 is 2.07 bits per heavy atom. The van der Waals surface area contributed by atoms with Crippen molar-refractivity contribution < 1.29 is 34.2 Å². The predicted molar refractivity (Wildman–Crippen MR) is 146 cm³/mol. The number of benzene rings is 1. The van der Waals surface area contributed by atoms with E-state index in [0.717, 1.165) is 0 Å². The number of hydrogen-bond acceptors (Lipinski definition) is 9. The number of nitrogens with two attached hydrogens (primary N) is 1. The number of carbonyl (C=O) groups excluding carboxylic acids is 4. The highest BCUT2D eigenvalue weighted by Crippen LogP contribution is 2.11. The monoisotopic (exact) mass is 573 g/mol. The maximum atomic E-state index is 12.9. The summed E-state index contributed by atoms with van der Waals surface area (Å²) >= 11 is 0. The molecule has 2 aromatic rings. The maximum absolute atomic E-state index is 12.9. The van der Waals surface area contributed by atoms with Gasteiger partial charge in [-0.15, -0.1) is 0 Å². The van der Waals surface area contributed by atoms with E-state index in [1.165, 1.54) is 0 Å². The van der Waals surface area contributed by atoms with Crippen LogP contribution in [0.1, 0.15) is 37.8 Å². The van der Waals surface area contributed by atoms with Crippen molar-refractivity contribution in [3.63, 3.8) is 0 Å². The summed E-state index contributed by atoms with van der Waals surface area (Å²) in [7, 11) is 0. The van der Waals surface area contributed by atoms with Crippen LogP contribution in [0.4, 0.5) is 0 Å². The first-order valence-corrected chi connectivity index (χ1v) is 13.0. The number of aromatic hydroxyl groups is 1. The summed E-state index contributed by atoms with van der Waals surface area (Å²) in [5, 5.41) is 28.4. The largest absolute Gasteiger partial charge is 0.504 e. The lowest BCUT2D eigenvalue weighted by Gasteiger charge is -2.22. The highest BCUT2D eigenvalue weighted by Gasteiger charge is 2.27. The van der Waals surface area contributed by atoms with Gasteiger partial charge in [0.05, 0.1) is 19.1 Å². The van der Waals surface area contributed by atoms with Crippen LogP contribution >= 0.6 is 0 Å². The van der Waals surface area contributed by atoms with Gasteiger partial charge in [0.15, 0.2) is 5.75 Å². The average molecular weight is 574 g/mol. The lowest BCUT2D eigenvalue weighted by Crippen LogP contribution is -2.54. The first-order chi connectivity index (χ1) is 19.3. The molecular weight excluding hydrogens is 538 g/mol. The SMILES string of the molecule is CC(C)C[C@H](NC(=O)[C@H](Cc1ccccc1)NC(=O)CNC(=O)CNC(=O)[C@@H](N)CCc1c(O)c(=O)c1=O)C(=O)O. The van der Waals surface area contributed by atoms with E-state index in [2.05, 4.69) is 21.3 Å². The summed E-state index contributed by atoms with van der Waals surface area (Å²) in [5.41, 5.74) is 4.53. The van der Waals surface area contributed by atoms with Gasteiger partial charge in [0.25, 0.3) is 5.43 Å². The van der Waals surface area contributed by atoms with Gasteiger partial charge in [0.1, 0.15) is 12.1 Å². The van der Waals surface area contributed by atoms with E-state index in [1.54, 1.807) is 30.3 Å². The van der Waals surface area contributed by atoms with E-state index < -0.39 is 77.4 Å². The van der Waals surface area contributed by atoms with Crippen molar-refractivity contribution in [3.05, 3.63) is 61.9 Å². The molecule has 0 saturated carbocycles. The van der Waals surface area contributed by atoms with Crippen molar-refractivity contribution in [1.29, 1.82) is 0 Å². The summed E-state index contributed by atoms with van der Waals surface area (Å²) < 4.78 is 0. The van der Waals surface area contributed by atoms with Gasteiger partial charge in [-0.25, -0.2) is 4.79 Å². The molecule has 0 aliphatic heterocycles. The molecular formula is C27H35N5O9. The Morgan fingerprint density at radius 1 is 0.854 bits per heavy atom. The zero-order valence-corrected chi connectivity index (χ0v) is 22.8. The molecule has 0 aliphatic carbocycles. The van der Waals surface area contributed by atoms with Gasteiger partial charge in [-0.05, 0) is 30.7 Å². The summed E-state index contributed by atoms with van der Waals surface area (Å²) in [6.45, 7) is 2.58. The van der Waals surface area contributed by atoms with E-state index >= 15 is 0 Å². The summed E-state index contributed by atoms with van der Waals surface area (Å²) in [6.07, 6.45) is 0.123. The van der Waals surface area contributed by atoms with Crippen LogP contribution in [0.2, 0.25) is 0 Å². The first-order valence-electron chi connectivity index (χ1n) is 13.0. The normalized spacial score (nSPS) is 13.2. The molecule has 0 aromatic heterocycles. The number of carboxylic acids is 1. The second-order valence-electron chi connectivity index (χ2n) is 9.96. The van der Waals surface area contributed by atoms with Crippen molar-refractivity contribution >= 4 is 29.6 Å². The second-order valence-corrected chi connectivity index (χ2v) is 9.96. The number of aliphatic carboxylic acids is 1. The molecule has 0 heterocycles. The summed E-state index contributed by atoms with van der Waals surface area (Å²) in [6, 6.07) is 5.37. The molecule has 222 valence electrons. The fourth-order valence-electron chi connectivity index (χ4n) is 3.90. The Hall–Kier alpha value is -4.59. The summed E-state index contributed by atoms with van der Waals surface area (Å²) in [5.74, 6) is -4.72. The van der Waals surface area contributed by atoms with Crippen LogP contribution in [0, 0.1) is 5.92 Å². The minimum absolute atomic E-state index is 0.00719. The van der Waals surface area contributed by atoms with E-state index in [9.17, 15) is 43.8 Å². The fraction of sp³-hybridized carbons (Fsp3) is 0.444. The van der Waals surface area contributed by atoms with Crippen LogP contribution < -0.4 is 37.9 Å². The van der Waals surface area contributed by atoms with Crippen molar-refractivity contribution in [3.8, 4) is 5.75 Å². The number of nitrogens with one attached hydrogen (secondary N) is 4. The second kappa shape index (κ2) is 15.3. The Labute approximate surface area is 235 Å². The van der Waals surface area contributed by atoms with Crippen LogP contribution in [-0.2, 0) is 36.8 Å². The summed E-state index contributed by atoms with van der Waals surface area (Å²) in [4.78, 5) is 83.7. The van der Waals surface area contributed by atoms with Gasteiger partial charge in [0, 0.05) is 12.0 Å². The van der Waals surface area contributed by atoms with Crippen LogP contribution in [0.3, 0.4) is 0 Å². The molecule has 0 saturated heterocycles. The molecule has 0 spiro atoms. The Morgan fingerprint density at radius 2 is 1.49 bits per heavy atom. The molecule has 0 bridgehead atoms. The van der Waals surface area contributed by atoms with Crippen molar-refractivity contribution in [2.45, 2.75) is 57.7 Å². The third-order valence-corrected chi connectivity index (χ3v) is 6.15. The van der Waals surface area contributed by atoms with Gasteiger partial charge in [-0.2, -0.15) is 0 Å². The zero-order valence-electron chi connectivity index (χ0n) is 22.8. The number of hydrogen-bond donors (Lipinski definition) is 7. The number of carbonyl (C=O) groups is 5. The quantitative estimate of drug-likeness (QED) is 0.107. The van der Waals surface area contributed by atoms with Crippen molar-refractivity contribution in [1.82, 2.24) is 21.3 Å². The first kappa shape index (κ1) is 32.6. The van der Waals surface area contributed by atoms with Crippen molar-refractivity contribution in [2.75, 3.05) is 13.1 Å². The van der Waals surface area contributed by atoms with Gasteiger partial charge >= 0.3 is 5.97 Å². The minimum atomic E-state index is -1.20. The molecule has 2 aromatic carbocycles. The molecule has 0 unspecified atom stereocenters. The van der Waals surface area contributed by atoms with Crippen LogP contribution in [0.5, 0.6) is 5.75 Å². The zero-order chi connectivity index (χ0) is 30.7. The van der Waals surface area contributed by atoms with E-state index in [1.807, 2.05) is 13.8 Å². The van der Waals surface area contributed by atoms with E-state index in [0.29, 0.717) is 5.56 Å². The molecule has 3 atom stereocenters. The van der Waals surface area contributed by atoms with Crippen molar-refractivity contribution in [2.24, 2.45) is 11.7 Å². The molecule has 41 heavy (non-hydrogen) atoms. The maximum Gasteiger partial charge on any atom is 0.326 e. The Bertz CT molecular complexity index is 1320. The molecule has 14 heteroatoms. The number of carboxylic acid groups (broad SMARTS) is 1. The molecule has 2 rings (SSSR count). The van der Waals surface area contributed by atoms with Gasteiger partial charge < -0.3 is 37.2 Å². The molecule has 0 radical (unpaired) electrons. The van der Waals surface area contributed by atoms with Gasteiger partial charge in [0.2, 0.25) is 29.1 Å². The van der Waals surface area contributed by atoms with E-state index in [4.69, 9.17) is 5.73 Å². The average Bonchev–Trinajstić information content (AvgIpc) is 2.93. The lowest BCUT2D eigenvalue weighted by molar-refractivity contribution is -0.142. The third-order valence-electron chi connectivity index (χ3n) is 6.15. The van der Waals surface area contributed by atoms with Crippen LogP contribution in [0.15, 0.2) is 39.9 Å². The molecule has 4 amide bonds. The Kier molecular flexibility index (Phi) is 12.1. The van der Waals surface area contributed by atoms with Gasteiger partial charge in [-0.3, -0.25) is 28.8 Å². The van der Waals surface area contributed by atoms with Crippen LogP contribution in [0.25, 0.3) is 0 Å². The Balaban J connectivity index is 1.87. The fourth-order valence-corrected chi connectivity index (χ4v) is 3.90. The minimum Gasteiger partial charge on any atom is -0.504 e. The molecule has 0 aliphatic rings. The smallest absolute Gasteiger partial charge is 0.326 e. The third kappa shape index (κ3) is 10.1. The molecule has 8 N–H and O–H groups in total. The van der Waals surface area contributed by atoms with Gasteiger partial charge in [-0.1, -0.05) is 44.2 Å². The number of rotatable bonds is 16. The standard InChI is InChI=1S/C27H35N5O9/c1-14(2)10-19(27(40)41)32-26(39)18(11-15-6-4-3-5-7-15)31-21(34)13-29-20(33)12-30-25(38)17(28)9-8-16-22(35)24(37)23(16)36/h3-7,14,17-19,35H,8-13,28H2,1-2H3,(H,29,33)(H,30,38)(H,31,34)(H,32,39)(H,40,41)/t17-,18-,19-/m0/s1. The lowest BCUT2D eigenvalue weighted by atomic mass is 10.0. The van der Waals surface area contributed by atoms with E-state index in [-0.39, 0.29) is 37.2 Å². The predicted octanol–water partition coefficient (Wildman–Crippen LogP) is -2.18. The highest BCUT2D eigenvalue weighted by atomic mass is 16.4. The number of amides is 4. The van der Waals surface area contributed by atoms with Crippen LogP contribution in [-0.4, -0.2) is 71.0 Å². The molecule has 0 fully saturated rings.